The third-order valence-electron chi connectivity index (χ3n) is 6.01. The van der Waals surface area contributed by atoms with E-state index >= 15 is 0 Å². The Kier molecular flexibility index (Phi) is 6.34. The van der Waals surface area contributed by atoms with Crippen molar-refractivity contribution >= 4 is 11.8 Å². The van der Waals surface area contributed by atoms with E-state index in [0.29, 0.717) is 24.9 Å². The number of hydrogen-bond acceptors (Lipinski definition) is 4. The van der Waals surface area contributed by atoms with E-state index in [-0.39, 0.29) is 17.7 Å². The van der Waals surface area contributed by atoms with Gasteiger partial charge in [-0.2, -0.15) is 0 Å². The van der Waals surface area contributed by atoms with E-state index in [0.717, 1.165) is 64.9 Å². The molecule has 2 amide bonds. The molecule has 1 atom stereocenters. The summed E-state index contributed by atoms with van der Waals surface area (Å²) < 4.78 is 5.15. The summed E-state index contributed by atoms with van der Waals surface area (Å²) in [5.41, 5.74) is 0. The SMILES string of the molecule is COCCN1CCC(CN(C)C(=O)[C@H]2CCC(=O)N(C3CC3)C2)CC1. The van der Waals surface area contributed by atoms with Gasteiger partial charge in [0, 0.05) is 46.3 Å². The van der Waals surface area contributed by atoms with E-state index in [4.69, 9.17) is 4.74 Å². The Bertz CT molecular complexity index is 473. The van der Waals surface area contributed by atoms with Gasteiger partial charge in [0.25, 0.3) is 0 Å². The minimum absolute atomic E-state index is 0.00471. The molecule has 2 aliphatic heterocycles. The number of nitrogens with zero attached hydrogens (tertiary/aromatic N) is 3. The van der Waals surface area contributed by atoms with E-state index < -0.39 is 0 Å². The highest BCUT2D eigenvalue weighted by atomic mass is 16.5. The minimum Gasteiger partial charge on any atom is -0.383 e. The number of likely N-dealkylation sites (tertiary alicyclic amines) is 2. The van der Waals surface area contributed by atoms with Crippen LogP contribution in [-0.4, -0.2) is 86.0 Å². The number of carbonyl (C=O) groups is 2. The molecule has 1 aliphatic carbocycles. The number of hydrogen-bond donors (Lipinski definition) is 0. The first-order valence-electron chi connectivity index (χ1n) is 9.84. The van der Waals surface area contributed by atoms with Gasteiger partial charge in [0.1, 0.15) is 0 Å². The van der Waals surface area contributed by atoms with Gasteiger partial charge in [0.2, 0.25) is 11.8 Å². The topological polar surface area (TPSA) is 53.1 Å². The molecule has 3 fully saturated rings. The highest BCUT2D eigenvalue weighted by Gasteiger charge is 2.39. The van der Waals surface area contributed by atoms with E-state index in [1.165, 1.54) is 0 Å². The molecule has 2 saturated heterocycles. The molecule has 0 radical (unpaired) electrons. The summed E-state index contributed by atoms with van der Waals surface area (Å²) in [6.07, 6.45) is 5.80. The molecular formula is C19H33N3O3. The Morgan fingerprint density at radius 2 is 1.92 bits per heavy atom. The van der Waals surface area contributed by atoms with E-state index in [2.05, 4.69) is 4.90 Å². The number of rotatable bonds is 7. The Labute approximate surface area is 151 Å². The van der Waals surface area contributed by atoms with Gasteiger partial charge >= 0.3 is 0 Å². The molecule has 0 bridgehead atoms. The summed E-state index contributed by atoms with van der Waals surface area (Å²) in [5, 5.41) is 0. The fourth-order valence-corrected chi connectivity index (χ4v) is 4.21. The third-order valence-corrected chi connectivity index (χ3v) is 6.01. The molecule has 3 aliphatic rings. The third kappa shape index (κ3) is 4.94. The molecule has 6 nitrogen and oxygen atoms in total. The van der Waals surface area contributed by atoms with Crippen LogP contribution in [0.25, 0.3) is 0 Å². The van der Waals surface area contributed by atoms with Crippen LogP contribution in [0, 0.1) is 11.8 Å². The van der Waals surface area contributed by atoms with E-state index in [1.54, 1.807) is 7.11 Å². The predicted molar refractivity (Wildman–Crippen MR) is 96.1 cm³/mol. The molecule has 0 aromatic rings. The second-order valence-corrected chi connectivity index (χ2v) is 8.01. The summed E-state index contributed by atoms with van der Waals surface area (Å²) >= 11 is 0. The predicted octanol–water partition coefficient (Wildman–Crippen LogP) is 1.20. The zero-order valence-corrected chi connectivity index (χ0v) is 15.8. The molecule has 0 spiro atoms. The lowest BCUT2D eigenvalue weighted by molar-refractivity contribution is -0.143. The van der Waals surface area contributed by atoms with Gasteiger partial charge in [-0.25, -0.2) is 0 Å². The van der Waals surface area contributed by atoms with Crippen LogP contribution in [0.2, 0.25) is 0 Å². The summed E-state index contributed by atoms with van der Waals surface area (Å²) in [7, 11) is 3.69. The van der Waals surface area contributed by atoms with Crippen molar-refractivity contribution < 1.29 is 14.3 Å². The van der Waals surface area contributed by atoms with Crippen LogP contribution >= 0.6 is 0 Å². The van der Waals surface area contributed by atoms with Gasteiger partial charge in [-0.3, -0.25) is 9.59 Å². The smallest absolute Gasteiger partial charge is 0.227 e. The summed E-state index contributed by atoms with van der Waals surface area (Å²) in [6.45, 7) is 5.49. The van der Waals surface area contributed by atoms with Gasteiger partial charge in [-0.1, -0.05) is 0 Å². The number of methoxy groups -OCH3 is 1. The van der Waals surface area contributed by atoms with Crippen LogP contribution in [0.15, 0.2) is 0 Å². The van der Waals surface area contributed by atoms with Crippen LogP contribution in [0.3, 0.4) is 0 Å². The van der Waals surface area contributed by atoms with Crippen molar-refractivity contribution in [1.29, 1.82) is 0 Å². The lowest BCUT2D eigenvalue weighted by Gasteiger charge is -2.36. The average molecular weight is 351 g/mol. The van der Waals surface area contributed by atoms with Crippen LogP contribution in [0.5, 0.6) is 0 Å². The second-order valence-electron chi connectivity index (χ2n) is 8.01. The van der Waals surface area contributed by atoms with Crippen molar-refractivity contribution in [3.8, 4) is 0 Å². The molecule has 0 aromatic heterocycles. The second kappa shape index (κ2) is 8.49. The quantitative estimate of drug-likeness (QED) is 0.692. The van der Waals surface area contributed by atoms with Crippen LogP contribution in [0.1, 0.15) is 38.5 Å². The van der Waals surface area contributed by atoms with Crippen molar-refractivity contribution in [2.45, 2.75) is 44.6 Å². The van der Waals surface area contributed by atoms with Crippen molar-refractivity contribution in [3.05, 3.63) is 0 Å². The highest BCUT2D eigenvalue weighted by molar-refractivity contribution is 5.84. The maximum Gasteiger partial charge on any atom is 0.227 e. The Hall–Kier alpha value is -1.14. The van der Waals surface area contributed by atoms with Crippen molar-refractivity contribution in [2.24, 2.45) is 11.8 Å². The summed E-state index contributed by atoms with van der Waals surface area (Å²) in [5.74, 6) is 1.08. The van der Waals surface area contributed by atoms with Gasteiger partial charge in [0.05, 0.1) is 12.5 Å². The highest BCUT2D eigenvalue weighted by Crippen LogP contribution is 2.32. The molecule has 2 heterocycles. The van der Waals surface area contributed by atoms with Crippen molar-refractivity contribution in [1.82, 2.24) is 14.7 Å². The van der Waals surface area contributed by atoms with E-state index in [9.17, 15) is 9.59 Å². The lowest BCUT2D eigenvalue weighted by atomic mass is 9.93. The van der Waals surface area contributed by atoms with Gasteiger partial charge in [-0.05, 0) is 51.1 Å². The first-order valence-corrected chi connectivity index (χ1v) is 9.84. The first-order chi connectivity index (χ1) is 12.1. The maximum atomic E-state index is 12.8. The van der Waals surface area contributed by atoms with Gasteiger partial charge in [0.15, 0.2) is 0 Å². The van der Waals surface area contributed by atoms with Crippen LogP contribution in [-0.2, 0) is 14.3 Å². The first kappa shape index (κ1) is 18.6. The molecule has 0 N–H and O–H groups in total. The molecule has 0 aromatic carbocycles. The number of amides is 2. The molecule has 0 unspecified atom stereocenters. The minimum atomic E-state index is 0.00471. The van der Waals surface area contributed by atoms with Crippen LogP contribution < -0.4 is 0 Å². The Morgan fingerprint density at radius 3 is 2.56 bits per heavy atom. The number of ether oxygens (including phenoxy) is 1. The average Bonchev–Trinajstić information content (AvgIpc) is 3.46. The number of piperidine rings is 2. The largest absolute Gasteiger partial charge is 0.383 e. The summed E-state index contributed by atoms with van der Waals surface area (Å²) in [4.78, 5) is 31.2. The Morgan fingerprint density at radius 1 is 1.20 bits per heavy atom. The Balaban J connectivity index is 1.42. The lowest BCUT2D eigenvalue weighted by Crippen LogP contribution is -2.48. The molecule has 3 rings (SSSR count). The standard InChI is InChI=1S/C19H33N3O3/c1-20(13-15-7-9-21(10-8-15)11-12-25-2)19(24)16-3-6-18(23)22(14-16)17-4-5-17/h15-17H,3-14H2,1-2H3/t16-/m0/s1. The van der Waals surface area contributed by atoms with Gasteiger partial charge < -0.3 is 19.4 Å². The van der Waals surface area contributed by atoms with Gasteiger partial charge in [-0.15, -0.1) is 0 Å². The number of carbonyl (C=O) groups excluding carboxylic acids is 2. The molecule has 25 heavy (non-hydrogen) atoms. The fourth-order valence-electron chi connectivity index (χ4n) is 4.21. The maximum absolute atomic E-state index is 12.8. The molecular weight excluding hydrogens is 318 g/mol. The molecule has 6 heteroatoms. The molecule has 142 valence electrons. The monoisotopic (exact) mass is 351 g/mol. The summed E-state index contributed by atoms with van der Waals surface area (Å²) in [6, 6.07) is 0.421. The fraction of sp³-hybridized carbons (Fsp3) is 0.895. The van der Waals surface area contributed by atoms with E-state index in [1.807, 2.05) is 16.8 Å². The zero-order chi connectivity index (χ0) is 17.8. The van der Waals surface area contributed by atoms with Crippen LogP contribution in [0.4, 0.5) is 0 Å². The van der Waals surface area contributed by atoms with Crippen molar-refractivity contribution in [3.63, 3.8) is 0 Å². The van der Waals surface area contributed by atoms with Crippen molar-refractivity contribution in [2.75, 3.05) is 53.5 Å². The molecule has 1 saturated carbocycles. The normalized spacial score (nSPS) is 26.1. The zero-order valence-electron chi connectivity index (χ0n) is 15.8.